The van der Waals surface area contributed by atoms with Crippen LogP contribution in [0.4, 0.5) is 10.2 Å². The van der Waals surface area contributed by atoms with Crippen LogP contribution in [0.15, 0.2) is 67.1 Å². The topological polar surface area (TPSA) is 50.1 Å². The minimum absolute atomic E-state index is 0. The van der Waals surface area contributed by atoms with Gasteiger partial charge in [-0.05, 0) is 49.7 Å². The second kappa shape index (κ2) is 10.3. The average molecular weight is 479 g/mol. The summed E-state index contributed by atoms with van der Waals surface area (Å²) in [6, 6.07) is 14.8. The Kier molecular flexibility index (Phi) is 7.24. The molecule has 0 atom stereocenters. The molecule has 0 saturated carbocycles. The summed E-state index contributed by atoms with van der Waals surface area (Å²) in [5.41, 5.74) is 6.44. The molecule has 1 aliphatic heterocycles. The molecule has 1 saturated heterocycles. The smallest absolute Gasteiger partial charge is 0.155 e. The number of piperazine rings is 1. The molecule has 1 aliphatic rings. The molecule has 0 spiro atoms. The van der Waals surface area contributed by atoms with Gasteiger partial charge in [-0.25, -0.2) is 14.1 Å². The van der Waals surface area contributed by atoms with Gasteiger partial charge < -0.3 is 4.90 Å². The molecule has 0 bridgehead atoms. The Morgan fingerprint density at radius 2 is 1.59 bits per heavy atom. The lowest BCUT2D eigenvalue weighted by molar-refractivity contribution is 0.249. The summed E-state index contributed by atoms with van der Waals surface area (Å²) in [5, 5.41) is 4.66. The first-order valence-corrected chi connectivity index (χ1v) is 11.2. The van der Waals surface area contributed by atoms with Crippen LogP contribution in [0.25, 0.3) is 16.9 Å². The van der Waals surface area contributed by atoms with Crippen molar-refractivity contribution in [1.29, 1.82) is 0 Å². The van der Waals surface area contributed by atoms with E-state index in [9.17, 15) is 4.39 Å². The molecule has 1 fully saturated rings. The van der Waals surface area contributed by atoms with Crippen LogP contribution in [0, 0.1) is 19.7 Å². The van der Waals surface area contributed by atoms with Crippen LogP contribution < -0.4 is 4.90 Å². The maximum absolute atomic E-state index is 13.4. The number of anilines is 1. The summed E-state index contributed by atoms with van der Waals surface area (Å²) in [7, 11) is 0. The highest BCUT2D eigenvalue weighted by molar-refractivity contribution is 5.85. The van der Waals surface area contributed by atoms with Gasteiger partial charge in [0.1, 0.15) is 11.5 Å². The summed E-state index contributed by atoms with van der Waals surface area (Å²) in [6.45, 7) is 8.69. The number of rotatable bonds is 5. The van der Waals surface area contributed by atoms with Crippen molar-refractivity contribution in [1.82, 2.24) is 24.6 Å². The fraction of sp³-hybridized carbons (Fsp3) is 0.269. The van der Waals surface area contributed by atoms with Gasteiger partial charge in [-0.2, -0.15) is 5.10 Å². The second-order valence-electron chi connectivity index (χ2n) is 8.45. The highest BCUT2D eigenvalue weighted by Gasteiger charge is 2.22. The first-order chi connectivity index (χ1) is 16.1. The molecule has 34 heavy (non-hydrogen) atoms. The van der Waals surface area contributed by atoms with Crippen molar-refractivity contribution in [3.8, 4) is 16.9 Å². The normalized spacial score (nSPS) is 14.1. The Morgan fingerprint density at radius 1 is 0.882 bits per heavy atom. The monoisotopic (exact) mass is 478 g/mol. The van der Waals surface area contributed by atoms with Crippen molar-refractivity contribution in [3.63, 3.8) is 0 Å². The van der Waals surface area contributed by atoms with Crippen LogP contribution in [0.5, 0.6) is 0 Å². The van der Waals surface area contributed by atoms with E-state index in [1.54, 1.807) is 24.5 Å². The van der Waals surface area contributed by atoms with E-state index in [1.807, 2.05) is 10.9 Å². The van der Waals surface area contributed by atoms with Gasteiger partial charge in [0.05, 0.1) is 11.9 Å². The summed E-state index contributed by atoms with van der Waals surface area (Å²) >= 11 is 0. The van der Waals surface area contributed by atoms with E-state index < -0.39 is 0 Å². The van der Waals surface area contributed by atoms with Gasteiger partial charge in [0.25, 0.3) is 0 Å². The largest absolute Gasteiger partial charge is 0.352 e. The molecule has 0 unspecified atom stereocenters. The minimum atomic E-state index is -0.251. The highest BCUT2D eigenvalue weighted by Crippen LogP contribution is 2.28. The van der Waals surface area contributed by atoms with E-state index in [4.69, 9.17) is 0 Å². The van der Waals surface area contributed by atoms with Gasteiger partial charge in [-0.3, -0.25) is 9.88 Å². The van der Waals surface area contributed by atoms with Crippen molar-refractivity contribution in [3.05, 3.63) is 89.8 Å². The Morgan fingerprint density at radius 3 is 2.32 bits per heavy atom. The molecule has 4 aromatic rings. The molecule has 8 heteroatoms. The van der Waals surface area contributed by atoms with Gasteiger partial charge in [-0.15, -0.1) is 12.4 Å². The minimum Gasteiger partial charge on any atom is -0.352 e. The van der Waals surface area contributed by atoms with Crippen LogP contribution in [-0.4, -0.2) is 50.8 Å². The zero-order chi connectivity index (χ0) is 22.8. The summed E-state index contributed by atoms with van der Waals surface area (Å²) in [4.78, 5) is 13.9. The molecule has 0 N–H and O–H groups in total. The second-order valence-corrected chi connectivity index (χ2v) is 8.45. The molecule has 0 amide bonds. The summed E-state index contributed by atoms with van der Waals surface area (Å²) in [6.07, 6.45) is 5.40. The van der Waals surface area contributed by atoms with Crippen molar-refractivity contribution in [2.45, 2.75) is 20.4 Å². The number of hydrogen-bond donors (Lipinski definition) is 0. The molecular formula is C26H28ClFN6. The summed E-state index contributed by atoms with van der Waals surface area (Å²) < 4.78 is 15.4. The van der Waals surface area contributed by atoms with Crippen molar-refractivity contribution >= 4 is 18.2 Å². The first kappa shape index (κ1) is 23.9. The number of aromatic nitrogens is 4. The predicted molar refractivity (Wildman–Crippen MR) is 135 cm³/mol. The molecule has 176 valence electrons. The number of halogens is 2. The predicted octanol–water partition coefficient (Wildman–Crippen LogP) is 4.83. The molecule has 5 rings (SSSR count). The molecule has 0 aliphatic carbocycles. The van der Waals surface area contributed by atoms with Gasteiger partial charge in [0.2, 0.25) is 0 Å². The molecule has 0 radical (unpaired) electrons. The number of hydrogen-bond acceptors (Lipinski definition) is 5. The quantitative estimate of drug-likeness (QED) is 0.411. The number of aryl methyl sites for hydroxylation is 1. The zero-order valence-electron chi connectivity index (χ0n) is 19.4. The van der Waals surface area contributed by atoms with Crippen LogP contribution in [-0.2, 0) is 6.54 Å². The lowest BCUT2D eigenvalue weighted by atomic mass is 10.1. The Hall–Kier alpha value is -3.29. The van der Waals surface area contributed by atoms with E-state index in [2.05, 4.69) is 63.0 Å². The van der Waals surface area contributed by atoms with E-state index in [1.165, 1.54) is 29.0 Å². The van der Waals surface area contributed by atoms with Crippen molar-refractivity contribution in [2.24, 2.45) is 0 Å². The maximum atomic E-state index is 13.4. The Bertz CT molecular complexity index is 1250. The standard InChI is InChI=1S/C26H27FN6.ClH/c1-19-5-3-4-6-24(19)33-20(2)22(17-30-33)18-31-13-15-32(16-14-31)26-25(28-11-12-29-26)21-7-9-23(27)10-8-21;/h3-12,17H,13-16,18H2,1-2H3;1H. The lowest BCUT2D eigenvalue weighted by Crippen LogP contribution is -2.46. The molecule has 2 aromatic carbocycles. The van der Waals surface area contributed by atoms with E-state index in [0.29, 0.717) is 0 Å². The van der Waals surface area contributed by atoms with Crippen LogP contribution >= 0.6 is 12.4 Å². The Balaban J connectivity index is 0.00000274. The molecule has 6 nitrogen and oxygen atoms in total. The zero-order valence-corrected chi connectivity index (χ0v) is 20.2. The van der Waals surface area contributed by atoms with Crippen LogP contribution in [0.3, 0.4) is 0 Å². The van der Waals surface area contributed by atoms with E-state index in [0.717, 1.165) is 55.5 Å². The third kappa shape index (κ3) is 4.81. The molecular weight excluding hydrogens is 451 g/mol. The van der Waals surface area contributed by atoms with E-state index in [-0.39, 0.29) is 18.2 Å². The van der Waals surface area contributed by atoms with Gasteiger partial charge in [-0.1, -0.05) is 18.2 Å². The third-order valence-corrected chi connectivity index (χ3v) is 6.32. The highest BCUT2D eigenvalue weighted by atomic mass is 35.5. The fourth-order valence-electron chi connectivity index (χ4n) is 4.37. The maximum Gasteiger partial charge on any atom is 0.155 e. The number of benzene rings is 2. The van der Waals surface area contributed by atoms with Gasteiger partial charge >= 0.3 is 0 Å². The van der Waals surface area contributed by atoms with Crippen molar-refractivity contribution in [2.75, 3.05) is 31.1 Å². The average Bonchev–Trinajstić information content (AvgIpc) is 3.20. The number of nitrogens with zero attached hydrogens (tertiary/aromatic N) is 6. The first-order valence-electron chi connectivity index (χ1n) is 11.2. The SMILES string of the molecule is Cc1ccccc1-n1ncc(CN2CCN(c3nccnc3-c3ccc(F)cc3)CC2)c1C.Cl. The van der Waals surface area contributed by atoms with Gasteiger partial charge in [0.15, 0.2) is 5.82 Å². The summed E-state index contributed by atoms with van der Waals surface area (Å²) in [5.74, 6) is 0.603. The van der Waals surface area contributed by atoms with E-state index >= 15 is 0 Å². The van der Waals surface area contributed by atoms with Crippen LogP contribution in [0.1, 0.15) is 16.8 Å². The Labute approximate surface area is 205 Å². The fourth-order valence-corrected chi connectivity index (χ4v) is 4.37. The van der Waals surface area contributed by atoms with Gasteiger partial charge in [0, 0.05) is 61.9 Å². The van der Waals surface area contributed by atoms with Crippen molar-refractivity contribution < 1.29 is 4.39 Å². The third-order valence-electron chi connectivity index (χ3n) is 6.32. The molecule has 3 heterocycles. The molecule has 2 aromatic heterocycles. The number of para-hydroxylation sites is 1. The lowest BCUT2D eigenvalue weighted by Gasteiger charge is -2.35. The van der Waals surface area contributed by atoms with Crippen LogP contribution in [0.2, 0.25) is 0 Å².